The third-order valence-electron chi connectivity index (χ3n) is 2.55. The Kier molecular flexibility index (Phi) is 10.8. The Bertz CT molecular complexity index is 367. The van der Waals surface area contributed by atoms with Crippen molar-refractivity contribution in [3.8, 4) is 0 Å². The summed E-state index contributed by atoms with van der Waals surface area (Å²) in [5.41, 5.74) is 2.11. The molecular formula is C11H17Br2CdN3S2. The molecule has 0 aliphatic carbocycles. The molecule has 0 atom stereocenters. The van der Waals surface area contributed by atoms with E-state index in [0.717, 1.165) is 36.8 Å². The van der Waals surface area contributed by atoms with E-state index in [9.17, 15) is 0 Å². The number of hydrogen-bond donors (Lipinski definition) is 0. The van der Waals surface area contributed by atoms with Gasteiger partial charge in [0.25, 0.3) is 0 Å². The predicted octanol–water partition coefficient (Wildman–Crippen LogP) is 4.50. The molecule has 0 aromatic rings. The van der Waals surface area contributed by atoms with Crippen LogP contribution in [0.1, 0.15) is 20.3 Å². The first-order valence-corrected chi connectivity index (χ1v) is 26.7. The molecule has 8 heteroatoms. The zero-order chi connectivity index (χ0) is 14.1. The molecule has 0 bridgehead atoms. The fraction of sp³-hybridized carbons (Fsp3) is 0.636. The van der Waals surface area contributed by atoms with Crippen molar-refractivity contribution in [1.29, 1.82) is 0 Å². The van der Waals surface area contributed by atoms with Crippen LogP contribution in [0.15, 0.2) is 21.9 Å². The zero-order valence-electron chi connectivity index (χ0n) is 11.2. The summed E-state index contributed by atoms with van der Waals surface area (Å²) >= 11 is 6.16. The van der Waals surface area contributed by atoms with Crippen molar-refractivity contribution in [2.75, 3.05) is 24.6 Å². The number of allylic oxidation sites excluding steroid dienone is 1. The van der Waals surface area contributed by atoms with E-state index < -0.39 is 0 Å². The van der Waals surface area contributed by atoms with E-state index in [0.29, 0.717) is 0 Å². The van der Waals surface area contributed by atoms with E-state index in [2.05, 4.69) is 52.0 Å². The van der Waals surface area contributed by atoms with Gasteiger partial charge in [-0.3, -0.25) is 0 Å². The Morgan fingerprint density at radius 1 is 1.26 bits per heavy atom. The average molecular weight is 528 g/mol. The summed E-state index contributed by atoms with van der Waals surface area (Å²) in [4.78, 5) is 11.3. The standard InChI is InChI=1S/C11H17N3S2.2BrH.Cd/c1-3-11-12-9(2)10(13-11)8-14-4-6-15-16-7-5-14;;;/h8H,3-7H2,1-2H3;2*1H;/q;;;+2/p-2. The van der Waals surface area contributed by atoms with Crippen molar-refractivity contribution in [2.45, 2.75) is 20.3 Å². The van der Waals surface area contributed by atoms with Gasteiger partial charge in [0.1, 0.15) is 11.5 Å². The molecule has 2 rings (SSSR count). The van der Waals surface area contributed by atoms with Gasteiger partial charge in [-0.2, -0.15) is 0 Å². The van der Waals surface area contributed by atoms with E-state index in [1.807, 2.05) is 28.5 Å². The third-order valence-corrected chi connectivity index (χ3v) is 4.91. The molecule has 0 radical (unpaired) electrons. The second-order valence-electron chi connectivity index (χ2n) is 3.87. The number of halogens is 2. The van der Waals surface area contributed by atoms with Crippen LogP contribution >= 0.6 is 45.6 Å². The summed E-state index contributed by atoms with van der Waals surface area (Å²) in [5.74, 6) is 3.34. The minimum atomic E-state index is -0.385. The van der Waals surface area contributed by atoms with E-state index in [1.54, 1.807) is 0 Å². The summed E-state index contributed by atoms with van der Waals surface area (Å²) in [6.07, 6.45) is 3.09. The van der Waals surface area contributed by atoms with Gasteiger partial charge in [-0.1, -0.05) is 28.5 Å². The van der Waals surface area contributed by atoms with Gasteiger partial charge in [0.15, 0.2) is 0 Å². The van der Waals surface area contributed by atoms with Crippen molar-refractivity contribution in [1.82, 2.24) is 4.90 Å². The average Bonchev–Trinajstić information content (AvgIpc) is 2.60. The summed E-state index contributed by atoms with van der Waals surface area (Å²) in [7, 11) is 3.93. The first-order valence-electron chi connectivity index (χ1n) is 6.16. The number of rotatable bonds is 2. The number of amidine groups is 1. The Morgan fingerprint density at radius 3 is 2.32 bits per heavy atom. The molecule has 2 aliphatic rings. The van der Waals surface area contributed by atoms with Crippen molar-refractivity contribution in [2.24, 2.45) is 9.98 Å². The topological polar surface area (TPSA) is 28.0 Å². The van der Waals surface area contributed by atoms with Gasteiger partial charge >= 0.3 is 43.4 Å². The molecule has 2 aliphatic heterocycles. The maximum atomic E-state index is 4.53. The molecule has 0 aromatic heterocycles. The van der Waals surface area contributed by atoms with Gasteiger partial charge in [-0.25, -0.2) is 9.98 Å². The zero-order valence-corrected chi connectivity index (χ0v) is 20.1. The van der Waals surface area contributed by atoms with Crippen LogP contribution in [-0.2, 0) is 19.4 Å². The summed E-state index contributed by atoms with van der Waals surface area (Å²) < 4.78 is 0. The van der Waals surface area contributed by atoms with E-state index >= 15 is 0 Å². The van der Waals surface area contributed by atoms with Gasteiger partial charge in [-0.05, 0) is 6.92 Å². The molecule has 104 valence electrons. The van der Waals surface area contributed by atoms with Crippen LogP contribution in [0.2, 0.25) is 0 Å². The second kappa shape index (κ2) is 11.1. The van der Waals surface area contributed by atoms with Gasteiger partial charge in [0, 0.05) is 37.2 Å². The van der Waals surface area contributed by atoms with Gasteiger partial charge in [0.05, 0.1) is 5.71 Å². The number of hydrogen-bond acceptors (Lipinski definition) is 5. The van der Waals surface area contributed by atoms with Crippen LogP contribution in [0, 0.1) is 0 Å². The van der Waals surface area contributed by atoms with Crippen LogP contribution in [-0.4, -0.2) is 41.0 Å². The fourth-order valence-corrected chi connectivity index (χ4v) is 3.63. The molecule has 2 heterocycles. The molecule has 19 heavy (non-hydrogen) atoms. The van der Waals surface area contributed by atoms with E-state index in [1.165, 1.54) is 11.5 Å². The molecule has 1 fully saturated rings. The molecule has 0 saturated carbocycles. The predicted molar refractivity (Wildman–Crippen MR) is 93.3 cm³/mol. The Hall–Kier alpha value is 1.46. The van der Waals surface area contributed by atoms with Crippen LogP contribution in [0.4, 0.5) is 0 Å². The summed E-state index contributed by atoms with van der Waals surface area (Å²) in [6.45, 7) is 6.37. The Balaban J connectivity index is 0.000000550. The van der Waals surface area contributed by atoms with Crippen LogP contribution in [0.5, 0.6) is 0 Å². The maximum absolute atomic E-state index is 4.53. The first-order chi connectivity index (χ1) is 9.21. The van der Waals surface area contributed by atoms with E-state index in [-0.39, 0.29) is 19.4 Å². The molecule has 3 nitrogen and oxygen atoms in total. The molecule has 0 aromatic carbocycles. The monoisotopic (exact) mass is 527 g/mol. The van der Waals surface area contributed by atoms with Crippen molar-refractivity contribution in [3.63, 3.8) is 0 Å². The first kappa shape index (κ1) is 18.5. The molecule has 0 N–H and O–H groups in total. The quantitative estimate of drug-likeness (QED) is 0.391. The molecule has 1 saturated heterocycles. The molecule has 0 amide bonds. The normalized spacial score (nSPS) is 21.1. The minimum absolute atomic E-state index is 0.385. The second-order valence-corrected chi connectivity index (χ2v) is 24.8. The molecular weight excluding hydrogens is 510 g/mol. The summed E-state index contributed by atoms with van der Waals surface area (Å²) in [5, 5.41) is 0. The number of aliphatic imine (C=N–C) groups is 2. The Morgan fingerprint density at radius 2 is 1.84 bits per heavy atom. The van der Waals surface area contributed by atoms with Gasteiger partial charge in [-0.15, -0.1) is 0 Å². The van der Waals surface area contributed by atoms with E-state index in [4.69, 9.17) is 0 Å². The molecule has 0 spiro atoms. The van der Waals surface area contributed by atoms with Crippen molar-refractivity contribution >= 4 is 57.1 Å². The Labute approximate surface area is 146 Å². The van der Waals surface area contributed by atoms with Crippen LogP contribution in [0.25, 0.3) is 0 Å². The molecule has 0 unspecified atom stereocenters. The van der Waals surface area contributed by atoms with Gasteiger partial charge < -0.3 is 4.90 Å². The van der Waals surface area contributed by atoms with Gasteiger partial charge in [0.2, 0.25) is 0 Å². The van der Waals surface area contributed by atoms with Crippen molar-refractivity contribution in [3.05, 3.63) is 11.9 Å². The SMILES string of the molecule is CCC1=NC(=CN2CCSSCC2)C(C)=N1.[Br][Cd][Br]. The number of nitrogens with zero attached hydrogens (tertiary/aromatic N) is 3. The summed E-state index contributed by atoms with van der Waals surface area (Å²) in [6, 6.07) is 0. The fourth-order valence-electron chi connectivity index (χ4n) is 1.62. The third kappa shape index (κ3) is 7.33. The van der Waals surface area contributed by atoms with Crippen LogP contribution in [0.3, 0.4) is 0 Å². The van der Waals surface area contributed by atoms with Crippen LogP contribution < -0.4 is 0 Å². The van der Waals surface area contributed by atoms with Crippen molar-refractivity contribution < 1.29 is 19.4 Å².